The molecule has 0 fully saturated rings. The van der Waals surface area contributed by atoms with E-state index in [0.29, 0.717) is 25.0 Å². The van der Waals surface area contributed by atoms with Crippen molar-refractivity contribution in [2.45, 2.75) is 29.2 Å². The molecule has 4 aromatic rings. The number of imidazole rings is 1. The van der Waals surface area contributed by atoms with Crippen LogP contribution in [0.15, 0.2) is 89.0 Å². The maximum absolute atomic E-state index is 12.9. The molecule has 0 aliphatic heterocycles. The average molecular weight is 435 g/mol. The third-order valence-electron chi connectivity index (χ3n) is 5.10. The van der Waals surface area contributed by atoms with Gasteiger partial charge in [-0.1, -0.05) is 24.3 Å². The zero-order valence-corrected chi connectivity index (χ0v) is 17.9. The first-order valence-corrected chi connectivity index (χ1v) is 11.3. The van der Waals surface area contributed by atoms with Crippen LogP contribution in [0.2, 0.25) is 0 Å². The van der Waals surface area contributed by atoms with E-state index in [4.69, 9.17) is 4.74 Å². The van der Waals surface area contributed by atoms with Crippen molar-refractivity contribution < 1.29 is 17.9 Å². The fraction of sp³-hybridized carbons (Fsp3) is 0.167. The van der Waals surface area contributed by atoms with Crippen molar-refractivity contribution in [1.82, 2.24) is 9.38 Å². The van der Waals surface area contributed by atoms with Gasteiger partial charge in [-0.15, -0.1) is 0 Å². The van der Waals surface area contributed by atoms with Crippen LogP contribution in [0.25, 0.3) is 5.65 Å². The molecule has 0 bridgehead atoms. The Morgan fingerprint density at radius 2 is 1.81 bits per heavy atom. The van der Waals surface area contributed by atoms with Gasteiger partial charge >= 0.3 is 0 Å². The van der Waals surface area contributed by atoms with Crippen LogP contribution in [0, 0.1) is 0 Å². The van der Waals surface area contributed by atoms with Gasteiger partial charge in [0.05, 0.1) is 16.4 Å². The summed E-state index contributed by atoms with van der Waals surface area (Å²) in [5.74, 6) is 0.0299. The molecule has 0 saturated heterocycles. The molecule has 7 heteroatoms. The van der Waals surface area contributed by atoms with Crippen LogP contribution in [0.5, 0.6) is 0 Å². The average Bonchev–Trinajstić information content (AvgIpc) is 3.26. The predicted octanol–water partition coefficient (Wildman–Crippen LogP) is 4.13. The summed E-state index contributed by atoms with van der Waals surface area (Å²) >= 11 is 0. The number of aryl methyl sites for hydroxylation is 1. The molecule has 0 aliphatic carbocycles. The monoisotopic (exact) mass is 434 g/mol. The Morgan fingerprint density at radius 3 is 2.58 bits per heavy atom. The fourth-order valence-electron chi connectivity index (χ4n) is 3.43. The van der Waals surface area contributed by atoms with E-state index in [-0.39, 0.29) is 15.6 Å². The van der Waals surface area contributed by atoms with E-state index in [9.17, 15) is 13.2 Å². The summed E-state index contributed by atoms with van der Waals surface area (Å²) in [6.45, 7) is 0.351. The van der Waals surface area contributed by atoms with Crippen LogP contribution in [-0.4, -0.2) is 30.7 Å². The Balaban J connectivity index is 1.45. The minimum atomic E-state index is -3.62. The third-order valence-corrected chi connectivity index (χ3v) is 6.87. The standard InChI is InChI=1S/C24H22N2O4S/c1-30-17-19-3-2-4-22(15-19)31(28,29)21-9-5-18(6-10-21)7-11-23(27)20-8-12-24-25-13-14-26(24)16-20/h2-6,8-10,12-16H,7,11,17H2,1H3. The SMILES string of the molecule is COCc1cccc(S(=O)(=O)c2ccc(CCC(=O)c3ccc4nccn4c3)cc2)c1. The van der Waals surface area contributed by atoms with Crippen molar-refractivity contribution >= 4 is 21.3 Å². The summed E-state index contributed by atoms with van der Waals surface area (Å²) < 4.78 is 32.8. The molecular weight excluding hydrogens is 412 g/mol. The number of hydrogen-bond acceptors (Lipinski definition) is 5. The van der Waals surface area contributed by atoms with Crippen molar-refractivity contribution in [3.05, 3.63) is 95.9 Å². The lowest BCUT2D eigenvalue weighted by Gasteiger charge is -2.08. The Labute approximate surface area is 181 Å². The second-order valence-corrected chi connectivity index (χ2v) is 9.21. The van der Waals surface area contributed by atoms with Gasteiger partial charge in [-0.2, -0.15) is 0 Å². The van der Waals surface area contributed by atoms with Crippen LogP contribution in [0.1, 0.15) is 27.9 Å². The van der Waals surface area contributed by atoms with Crippen LogP contribution >= 0.6 is 0 Å². The zero-order chi connectivity index (χ0) is 21.8. The number of aromatic nitrogens is 2. The van der Waals surface area contributed by atoms with Crippen LogP contribution in [0.4, 0.5) is 0 Å². The first-order valence-electron chi connectivity index (χ1n) is 9.85. The Bertz CT molecular complexity index is 1330. The first-order chi connectivity index (χ1) is 15.0. The van der Waals surface area contributed by atoms with Crippen molar-refractivity contribution in [3.8, 4) is 0 Å². The molecule has 2 aromatic carbocycles. The van der Waals surface area contributed by atoms with E-state index in [1.54, 1.807) is 74.2 Å². The summed E-state index contributed by atoms with van der Waals surface area (Å²) in [6.07, 6.45) is 6.14. The van der Waals surface area contributed by atoms with Gasteiger partial charge in [-0.25, -0.2) is 13.4 Å². The van der Waals surface area contributed by atoms with Gasteiger partial charge in [-0.3, -0.25) is 4.79 Å². The number of sulfone groups is 1. The highest BCUT2D eigenvalue weighted by atomic mass is 32.2. The van der Waals surface area contributed by atoms with E-state index in [0.717, 1.165) is 16.8 Å². The van der Waals surface area contributed by atoms with Crippen molar-refractivity contribution in [1.29, 1.82) is 0 Å². The molecule has 0 aliphatic rings. The van der Waals surface area contributed by atoms with E-state index < -0.39 is 9.84 Å². The van der Waals surface area contributed by atoms with Gasteiger partial charge in [0.1, 0.15) is 5.65 Å². The number of carbonyl (C=O) groups is 1. The summed E-state index contributed by atoms with van der Waals surface area (Å²) in [4.78, 5) is 17.2. The van der Waals surface area contributed by atoms with Crippen molar-refractivity contribution in [2.24, 2.45) is 0 Å². The number of methoxy groups -OCH3 is 1. The fourth-order valence-corrected chi connectivity index (χ4v) is 4.76. The molecular formula is C24H22N2O4S. The van der Waals surface area contributed by atoms with Crippen LogP contribution in [-0.2, 0) is 27.6 Å². The molecule has 31 heavy (non-hydrogen) atoms. The molecule has 0 N–H and O–H groups in total. The molecule has 2 heterocycles. The largest absolute Gasteiger partial charge is 0.380 e. The Kier molecular flexibility index (Phi) is 5.97. The topological polar surface area (TPSA) is 77.7 Å². The molecule has 0 radical (unpaired) electrons. The Morgan fingerprint density at radius 1 is 1.00 bits per heavy atom. The number of rotatable bonds is 8. The highest BCUT2D eigenvalue weighted by Crippen LogP contribution is 2.23. The van der Waals surface area contributed by atoms with E-state index in [1.807, 2.05) is 16.5 Å². The maximum Gasteiger partial charge on any atom is 0.206 e. The molecule has 0 saturated carbocycles. The number of benzene rings is 2. The lowest BCUT2D eigenvalue weighted by Crippen LogP contribution is -2.04. The van der Waals surface area contributed by atoms with Gasteiger partial charge in [0.15, 0.2) is 5.78 Å². The number of Topliss-reactive ketones (excluding diaryl/α,β-unsaturated/α-hetero) is 1. The predicted molar refractivity (Wildman–Crippen MR) is 117 cm³/mol. The van der Waals surface area contributed by atoms with Crippen LogP contribution in [0.3, 0.4) is 0 Å². The normalized spacial score (nSPS) is 11.6. The molecule has 2 aromatic heterocycles. The number of nitrogens with zero attached hydrogens (tertiary/aromatic N) is 2. The maximum atomic E-state index is 12.9. The van der Waals surface area contributed by atoms with Crippen molar-refractivity contribution in [2.75, 3.05) is 7.11 Å². The quantitative estimate of drug-likeness (QED) is 0.390. The highest BCUT2D eigenvalue weighted by molar-refractivity contribution is 7.91. The molecule has 6 nitrogen and oxygen atoms in total. The van der Waals surface area contributed by atoms with Gasteiger partial charge in [0, 0.05) is 37.7 Å². The summed E-state index contributed by atoms with van der Waals surface area (Å²) in [7, 11) is -2.05. The zero-order valence-electron chi connectivity index (χ0n) is 17.1. The molecule has 4 rings (SSSR count). The second-order valence-electron chi connectivity index (χ2n) is 7.26. The van der Waals surface area contributed by atoms with E-state index in [2.05, 4.69) is 4.98 Å². The minimum absolute atomic E-state index is 0.0299. The second kappa shape index (κ2) is 8.83. The summed E-state index contributed by atoms with van der Waals surface area (Å²) in [5, 5.41) is 0. The van der Waals surface area contributed by atoms with E-state index >= 15 is 0 Å². The number of fused-ring (bicyclic) bond motifs is 1. The molecule has 0 amide bonds. The minimum Gasteiger partial charge on any atom is -0.380 e. The number of pyridine rings is 1. The lowest BCUT2D eigenvalue weighted by atomic mass is 10.0. The highest BCUT2D eigenvalue weighted by Gasteiger charge is 2.18. The molecule has 0 spiro atoms. The summed E-state index contributed by atoms with van der Waals surface area (Å²) in [6, 6.07) is 17.0. The van der Waals surface area contributed by atoms with Crippen LogP contribution < -0.4 is 0 Å². The smallest absolute Gasteiger partial charge is 0.206 e. The molecule has 158 valence electrons. The Hall–Kier alpha value is -3.29. The lowest BCUT2D eigenvalue weighted by molar-refractivity contribution is 0.0982. The number of ketones is 1. The summed E-state index contributed by atoms with van der Waals surface area (Å²) in [5.41, 5.74) is 3.12. The number of hydrogen-bond donors (Lipinski definition) is 0. The van der Waals surface area contributed by atoms with Gasteiger partial charge in [-0.05, 0) is 53.9 Å². The van der Waals surface area contributed by atoms with E-state index in [1.165, 1.54) is 0 Å². The van der Waals surface area contributed by atoms with Gasteiger partial charge in [0.2, 0.25) is 9.84 Å². The first kappa shape index (κ1) is 21.0. The van der Waals surface area contributed by atoms with Gasteiger partial charge in [0.25, 0.3) is 0 Å². The number of ether oxygens (including phenoxy) is 1. The molecule has 0 atom stereocenters. The van der Waals surface area contributed by atoms with Crippen molar-refractivity contribution in [3.63, 3.8) is 0 Å². The number of carbonyl (C=O) groups excluding carboxylic acids is 1. The van der Waals surface area contributed by atoms with Gasteiger partial charge < -0.3 is 9.14 Å². The molecule has 0 unspecified atom stereocenters. The third kappa shape index (κ3) is 4.57.